The lowest BCUT2D eigenvalue weighted by Crippen LogP contribution is -2.55. The van der Waals surface area contributed by atoms with Gasteiger partial charge in [0.05, 0.1) is 19.3 Å². The van der Waals surface area contributed by atoms with E-state index in [2.05, 4.69) is 24.1 Å². The van der Waals surface area contributed by atoms with Crippen LogP contribution in [0.2, 0.25) is 0 Å². The van der Waals surface area contributed by atoms with Crippen molar-refractivity contribution in [2.45, 2.75) is 45.3 Å². The SMILES string of the molecule is CCCNCC1(CN2CC(CO)OCC2C)CCOCC1. The maximum Gasteiger partial charge on any atom is 0.0933 e. The maximum absolute atomic E-state index is 9.35. The average molecular weight is 300 g/mol. The van der Waals surface area contributed by atoms with Gasteiger partial charge in [-0.2, -0.15) is 0 Å². The molecule has 2 N–H and O–H groups in total. The van der Waals surface area contributed by atoms with Crippen LogP contribution >= 0.6 is 0 Å². The molecular weight excluding hydrogens is 268 g/mol. The Morgan fingerprint density at radius 2 is 2.10 bits per heavy atom. The van der Waals surface area contributed by atoms with Crippen LogP contribution in [0.5, 0.6) is 0 Å². The van der Waals surface area contributed by atoms with Crippen molar-refractivity contribution in [3.63, 3.8) is 0 Å². The molecule has 0 spiro atoms. The highest BCUT2D eigenvalue weighted by molar-refractivity contribution is 4.90. The monoisotopic (exact) mass is 300 g/mol. The Kier molecular flexibility index (Phi) is 6.89. The second-order valence-electron chi connectivity index (χ2n) is 6.71. The molecule has 2 aliphatic rings. The minimum atomic E-state index is -0.0262. The van der Waals surface area contributed by atoms with Gasteiger partial charge in [-0.05, 0) is 38.1 Å². The summed E-state index contributed by atoms with van der Waals surface area (Å²) in [5.74, 6) is 0. The van der Waals surface area contributed by atoms with Crippen LogP contribution in [-0.4, -0.2) is 74.8 Å². The largest absolute Gasteiger partial charge is 0.394 e. The van der Waals surface area contributed by atoms with E-state index >= 15 is 0 Å². The van der Waals surface area contributed by atoms with Gasteiger partial charge in [-0.1, -0.05) is 6.92 Å². The third kappa shape index (κ3) is 4.89. The van der Waals surface area contributed by atoms with Gasteiger partial charge in [-0.3, -0.25) is 4.90 Å². The van der Waals surface area contributed by atoms with E-state index in [1.165, 1.54) is 6.42 Å². The molecule has 2 unspecified atom stereocenters. The molecule has 2 fully saturated rings. The molecule has 2 heterocycles. The van der Waals surface area contributed by atoms with Gasteiger partial charge in [-0.25, -0.2) is 0 Å². The van der Waals surface area contributed by atoms with Gasteiger partial charge in [-0.15, -0.1) is 0 Å². The number of ether oxygens (including phenoxy) is 2. The predicted octanol–water partition coefficient (Wildman–Crippen LogP) is 0.864. The van der Waals surface area contributed by atoms with Crippen molar-refractivity contribution in [2.24, 2.45) is 5.41 Å². The Morgan fingerprint density at radius 1 is 1.33 bits per heavy atom. The van der Waals surface area contributed by atoms with Crippen molar-refractivity contribution in [1.29, 1.82) is 0 Å². The van der Waals surface area contributed by atoms with E-state index in [9.17, 15) is 5.11 Å². The zero-order valence-corrected chi connectivity index (χ0v) is 13.6. The molecule has 0 radical (unpaired) electrons. The second-order valence-corrected chi connectivity index (χ2v) is 6.71. The number of hydrogen-bond acceptors (Lipinski definition) is 5. The van der Waals surface area contributed by atoms with E-state index in [0.717, 1.165) is 58.8 Å². The fourth-order valence-electron chi connectivity index (χ4n) is 3.36. The molecule has 21 heavy (non-hydrogen) atoms. The number of rotatable bonds is 7. The molecule has 2 aliphatic heterocycles. The van der Waals surface area contributed by atoms with Gasteiger partial charge in [0.25, 0.3) is 0 Å². The first-order chi connectivity index (χ1) is 10.2. The first-order valence-electron chi connectivity index (χ1n) is 8.44. The van der Waals surface area contributed by atoms with Gasteiger partial charge >= 0.3 is 0 Å². The van der Waals surface area contributed by atoms with Crippen LogP contribution in [0.1, 0.15) is 33.1 Å². The number of nitrogens with zero attached hydrogens (tertiary/aromatic N) is 1. The zero-order chi connectivity index (χ0) is 15.1. The minimum absolute atomic E-state index is 0.0262. The van der Waals surface area contributed by atoms with Crippen molar-refractivity contribution < 1.29 is 14.6 Å². The molecule has 0 aromatic carbocycles. The number of nitrogens with one attached hydrogen (secondary N) is 1. The third-order valence-electron chi connectivity index (χ3n) is 4.86. The first-order valence-corrected chi connectivity index (χ1v) is 8.44. The Labute approximate surface area is 129 Å². The van der Waals surface area contributed by atoms with Crippen LogP contribution in [0.3, 0.4) is 0 Å². The van der Waals surface area contributed by atoms with Crippen LogP contribution in [0.15, 0.2) is 0 Å². The van der Waals surface area contributed by atoms with E-state index in [-0.39, 0.29) is 12.7 Å². The molecule has 2 saturated heterocycles. The molecule has 0 aliphatic carbocycles. The van der Waals surface area contributed by atoms with E-state index in [0.29, 0.717) is 11.5 Å². The fraction of sp³-hybridized carbons (Fsp3) is 1.00. The molecule has 0 amide bonds. The van der Waals surface area contributed by atoms with Gasteiger partial charge in [0.2, 0.25) is 0 Å². The Morgan fingerprint density at radius 3 is 2.76 bits per heavy atom. The zero-order valence-electron chi connectivity index (χ0n) is 13.6. The lowest BCUT2D eigenvalue weighted by atomic mass is 9.79. The summed E-state index contributed by atoms with van der Waals surface area (Å²) in [6, 6.07) is 0.429. The van der Waals surface area contributed by atoms with Crippen LogP contribution in [-0.2, 0) is 9.47 Å². The number of hydrogen-bond donors (Lipinski definition) is 2. The summed E-state index contributed by atoms with van der Waals surface area (Å²) >= 11 is 0. The predicted molar refractivity (Wildman–Crippen MR) is 83.5 cm³/mol. The molecule has 5 heteroatoms. The highest BCUT2D eigenvalue weighted by Crippen LogP contribution is 2.32. The third-order valence-corrected chi connectivity index (χ3v) is 4.86. The van der Waals surface area contributed by atoms with Crippen LogP contribution in [0.25, 0.3) is 0 Å². The van der Waals surface area contributed by atoms with E-state index in [1.54, 1.807) is 0 Å². The van der Waals surface area contributed by atoms with E-state index < -0.39 is 0 Å². The van der Waals surface area contributed by atoms with Crippen molar-refractivity contribution >= 4 is 0 Å². The highest BCUT2D eigenvalue weighted by Gasteiger charge is 2.37. The van der Waals surface area contributed by atoms with Crippen LogP contribution in [0, 0.1) is 5.41 Å². The maximum atomic E-state index is 9.35. The Bertz CT molecular complexity index is 295. The molecule has 124 valence electrons. The summed E-state index contributed by atoms with van der Waals surface area (Å²) in [6.45, 7) is 11.1. The fourth-order valence-corrected chi connectivity index (χ4v) is 3.36. The quantitative estimate of drug-likeness (QED) is 0.683. The molecule has 5 nitrogen and oxygen atoms in total. The lowest BCUT2D eigenvalue weighted by molar-refractivity contribution is -0.0974. The Hall–Kier alpha value is -0.200. The summed E-state index contributed by atoms with van der Waals surface area (Å²) < 4.78 is 11.2. The van der Waals surface area contributed by atoms with Crippen molar-refractivity contribution in [2.75, 3.05) is 52.6 Å². The van der Waals surface area contributed by atoms with Crippen LogP contribution < -0.4 is 5.32 Å². The second kappa shape index (κ2) is 8.44. The molecule has 0 aromatic heterocycles. The van der Waals surface area contributed by atoms with E-state index in [1.807, 2.05) is 0 Å². The van der Waals surface area contributed by atoms with Crippen molar-refractivity contribution in [3.05, 3.63) is 0 Å². The van der Waals surface area contributed by atoms with Gasteiger partial charge in [0.15, 0.2) is 0 Å². The smallest absolute Gasteiger partial charge is 0.0933 e. The number of aliphatic hydroxyl groups is 1. The first kappa shape index (κ1) is 17.2. The van der Waals surface area contributed by atoms with Crippen molar-refractivity contribution in [1.82, 2.24) is 10.2 Å². The molecule has 2 rings (SSSR count). The molecule has 0 bridgehead atoms. The highest BCUT2D eigenvalue weighted by atomic mass is 16.5. The molecule has 0 aromatic rings. The van der Waals surface area contributed by atoms with Gasteiger partial charge in [0, 0.05) is 38.9 Å². The standard InChI is InChI=1S/C16H32N2O3/c1-3-6-17-12-16(4-7-20-8-5-16)13-18-9-15(10-19)21-11-14(18)2/h14-15,17,19H,3-13H2,1-2H3. The summed E-state index contributed by atoms with van der Waals surface area (Å²) in [6.07, 6.45) is 3.39. The van der Waals surface area contributed by atoms with Gasteiger partial charge in [0.1, 0.15) is 0 Å². The average Bonchev–Trinajstić information content (AvgIpc) is 2.51. The Balaban J connectivity index is 1.95. The molecule has 0 saturated carbocycles. The molecular formula is C16H32N2O3. The molecule has 2 atom stereocenters. The topological polar surface area (TPSA) is 54.0 Å². The van der Waals surface area contributed by atoms with Gasteiger partial charge < -0.3 is 19.9 Å². The number of aliphatic hydroxyl groups excluding tert-OH is 1. The summed E-state index contributed by atoms with van der Waals surface area (Å²) in [7, 11) is 0. The minimum Gasteiger partial charge on any atom is -0.394 e. The summed E-state index contributed by atoms with van der Waals surface area (Å²) in [5, 5.41) is 13.0. The normalized spacial score (nSPS) is 30.4. The summed E-state index contributed by atoms with van der Waals surface area (Å²) in [5.41, 5.74) is 0.305. The van der Waals surface area contributed by atoms with Crippen molar-refractivity contribution in [3.8, 4) is 0 Å². The van der Waals surface area contributed by atoms with Crippen LogP contribution in [0.4, 0.5) is 0 Å². The number of morpholine rings is 1. The van der Waals surface area contributed by atoms with E-state index in [4.69, 9.17) is 9.47 Å². The summed E-state index contributed by atoms with van der Waals surface area (Å²) in [4.78, 5) is 2.50. The lowest BCUT2D eigenvalue weighted by Gasteiger charge is -2.46.